The van der Waals surface area contributed by atoms with Gasteiger partial charge in [0.1, 0.15) is 25.1 Å². The minimum Gasteiger partial charge on any atom is -0.477 e. The molecule has 41 heavy (non-hydrogen) atoms. The second-order valence-corrected chi connectivity index (χ2v) is 14.6. The van der Waals surface area contributed by atoms with Crippen LogP contribution in [-0.4, -0.2) is 69.9 Å². The van der Waals surface area contributed by atoms with Gasteiger partial charge in [-0.15, -0.1) is 11.3 Å². The third kappa shape index (κ3) is 7.95. The number of alkyl halides is 4. The number of halogens is 4. The van der Waals surface area contributed by atoms with Gasteiger partial charge in [-0.2, -0.15) is 18.4 Å². The quantitative estimate of drug-likeness (QED) is 0.184. The van der Waals surface area contributed by atoms with E-state index >= 15 is 0 Å². The van der Waals surface area contributed by atoms with Crippen molar-refractivity contribution in [1.82, 2.24) is 4.90 Å². The lowest BCUT2D eigenvalue weighted by molar-refractivity contribution is -0.126. The van der Waals surface area contributed by atoms with Crippen LogP contribution in [0, 0.1) is 23.2 Å². The number of nitriles is 1. The molecule has 1 aromatic heterocycles. The normalized spacial score (nSPS) is 17.9. The Morgan fingerprint density at radius 3 is 2.68 bits per heavy atom. The minimum absolute atomic E-state index is 0.0854. The Morgan fingerprint density at radius 2 is 2.00 bits per heavy atom. The van der Waals surface area contributed by atoms with Gasteiger partial charge in [0.15, 0.2) is 6.61 Å². The van der Waals surface area contributed by atoms with E-state index in [1.54, 1.807) is 49.7 Å². The second-order valence-electron chi connectivity index (χ2n) is 10.3. The molecule has 0 radical (unpaired) electrons. The second kappa shape index (κ2) is 12.7. The van der Waals surface area contributed by atoms with Crippen molar-refractivity contribution in [3.8, 4) is 23.7 Å². The molecule has 2 heterocycles. The van der Waals surface area contributed by atoms with E-state index in [4.69, 9.17) is 10.00 Å². The highest BCUT2D eigenvalue weighted by Crippen LogP contribution is 2.40. The highest BCUT2D eigenvalue weighted by Gasteiger charge is 2.32. The number of nitrogens with zero attached hydrogens (tertiary/aromatic N) is 2. The van der Waals surface area contributed by atoms with Crippen molar-refractivity contribution in [3.63, 3.8) is 0 Å². The van der Waals surface area contributed by atoms with Crippen LogP contribution in [0.25, 0.3) is 10.1 Å². The van der Waals surface area contributed by atoms with Gasteiger partial charge >= 0.3 is 6.18 Å². The van der Waals surface area contributed by atoms with E-state index < -0.39 is 32.0 Å². The van der Waals surface area contributed by atoms with E-state index in [1.807, 2.05) is 18.0 Å². The Bertz CT molecular complexity index is 1550. The smallest absolute Gasteiger partial charge is 0.393 e. The van der Waals surface area contributed by atoms with Crippen molar-refractivity contribution in [2.45, 2.75) is 31.2 Å². The summed E-state index contributed by atoms with van der Waals surface area (Å²) in [5.41, 5.74) is 1.21. The summed E-state index contributed by atoms with van der Waals surface area (Å²) in [7, 11) is -0.709. The van der Waals surface area contributed by atoms with Crippen LogP contribution in [0.15, 0.2) is 36.4 Å². The summed E-state index contributed by atoms with van der Waals surface area (Å²) in [6.07, 6.45) is -6.07. The number of anilines is 2. The molecule has 0 saturated carbocycles. The zero-order valence-corrected chi connectivity index (χ0v) is 24.7. The van der Waals surface area contributed by atoms with Crippen molar-refractivity contribution in [2.75, 3.05) is 57.3 Å². The monoisotopic (exact) mass is 606 g/mol. The molecule has 1 aliphatic heterocycles. The number of piperidine rings is 1. The number of thiophene rings is 1. The Hall–Kier alpha value is -3.24. The van der Waals surface area contributed by atoms with Crippen LogP contribution in [0.1, 0.15) is 16.9 Å². The van der Waals surface area contributed by atoms with Gasteiger partial charge in [-0.25, -0.2) is 4.39 Å². The number of hydrogen-bond donors (Lipinski definition) is 2. The third-order valence-electron chi connectivity index (χ3n) is 6.73. The average molecular weight is 607 g/mol. The Labute approximate surface area is 241 Å². The van der Waals surface area contributed by atoms with Crippen LogP contribution in [0.5, 0.6) is 5.75 Å². The molecule has 6 nitrogen and oxygen atoms in total. The maximum atomic E-state index is 14.7. The van der Waals surface area contributed by atoms with Gasteiger partial charge in [-0.3, -0.25) is 0 Å². The number of hydrogen-bond acceptors (Lipinski definition) is 7. The fourth-order valence-corrected chi connectivity index (χ4v) is 6.70. The molecule has 2 atom stereocenters. The molecule has 4 rings (SSSR count). The summed E-state index contributed by atoms with van der Waals surface area (Å²) in [5.74, 6) is 6.14. The lowest BCUT2D eigenvalue weighted by Crippen LogP contribution is -2.46. The SMILES string of the molecule is CN1CC[C@H](Nc2cccc3c(CC(F)(F)F)c(C#CCNc4ccc(P(C)(C)=O)cc4OCC#N)sc23)[C@H](F)C1. The van der Waals surface area contributed by atoms with Crippen LogP contribution in [0.2, 0.25) is 0 Å². The summed E-state index contributed by atoms with van der Waals surface area (Å²) >= 11 is 1.16. The summed E-state index contributed by atoms with van der Waals surface area (Å²) in [4.78, 5) is 2.21. The Kier molecular flexibility index (Phi) is 9.54. The molecule has 1 aliphatic rings. The van der Waals surface area contributed by atoms with Crippen molar-refractivity contribution < 1.29 is 26.9 Å². The largest absolute Gasteiger partial charge is 0.477 e. The van der Waals surface area contributed by atoms with E-state index in [9.17, 15) is 22.1 Å². The molecule has 0 spiro atoms. The molecule has 0 bridgehead atoms. The molecule has 2 N–H and O–H groups in total. The van der Waals surface area contributed by atoms with Gasteiger partial charge in [0, 0.05) is 18.4 Å². The first-order valence-electron chi connectivity index (χ1n) is 13.0. The fourth-order valence-electron chi connectivity index (χ4n) is 4.67. The summed E-state index contributed by atoms with van der Waals surface area (Å²) in [6.45, 7) is 4.16. The molecule has 0 unspecified atom stereocenters. The van der Waals surface area contributed by atoms with Crippen molar-refractivity contribution >= 4 is 45.2 Å². The number of nitrogens with one attached hydrogen (secondary N) is 2. The highest BCUT2D eigenvalue weighted by atomic mass is 32.1. The van der Waals surface area contributed by atoms with Crippen LogP contribution in [0.3, 0.4) is 0 Å². The third-order valence-corrected chi connectivity index (χ3v) is 9.45. The van der Waals surface area contributed by atoms with Crippen LogP contribution in [-0.2, 0) is 11.0 Å². The van der Waals surface area contributed by atoms with Crippen LogP contribution in [0.4, 0.5) is 28.9 Å². The van der Waals surface area contributed by atoms with Crippen LogP contribution < -0.4 is 20.7 Å². The van der Waals surface area contributed by atoms with Gasteiger partial charge in [-0.1, -0.05) is 24.0 Å². The average Bonchev–Trinajstić information content (AvgIpc) is 3.23. The van der Waals surface area contributed by atoms with Crippen molar-refractivity contribution in [1.29, 1.82) is 5.26 Å². The van der Waals surface area contributed by atoms with E-state index in [0.717, 1.165) is 17.9 Å². The predicted molar refractivity (Wildman–Crippen MR) is 158 cm³/mol. The molecule has 3 aromatic rings. The maximum absolute atomic E-state index is 14.7. The number of fused-ring (bicyclic) bond motifs is 1. The topological polar surface area (TPSA) is 77.4 Å². The predicted octanol–water partition coefficient (Wildman–Crippen LogP) is 6.07. The van der Waals surface area contributed by atoms with E-state index in [2.05, 4.69) is 22.5 Å². The van der Waals surface area contributed by atoms with E-state index in [0.29, 0.717) is 50.4 Å². The lowest BCUT2D eigenvalue weighted by atomic mass is 10.0. The van der Waals surface area contributed by atoms with E-state index in [-0.39, 0.29) is 18.7 Å². The molecule has 0 aliphatic carbocycles. The van der Waals surface area contributed by atoms with Gasteiger partial charge < -0.3 is 24.8 Å². The summed E-state index contributed by atoms with van der Waals surface area (Å²) in [6, 6.07) is 11.5. The number of rotatable bonds is 8. The molecule has 2 aromatic carbocycles. The van der Waals surface area contributed by atoms with Gasteiger partial charge in [0.05, 0.1) is 40.0 Å². The maximum Gasteiger partial charge on any atom is 0.393 e. The van der Waals surface area contributed by atoms with Gasteiger partial charge in [0.25, 0.3) is 0 Å². The summed E-state index contributed by atoms with van der Waals surface area (Å²) < 4.78 is 74.0. The van der Waals surface area contributed by atoms with Gasteiger partial charge in [0.2, 0.25) is 0 Å². The van der Waals surface area contributed by atoms with Crippen LogP contribution >= 0.6 is 18.5 Å². The highest BCUT2D eigenvalue weighted by molar-refractivity contribution is 7.70. The first-order valence-corrected chi connectivity index (χ1v) is 16.4. The van der Waals surface area contributed by atoms with E-state index in [1.165, 1.54) is 0 Å². The number of likely N-dealkylation sites (tertiary alicyclic amines) is 1. The molecular weight excluding hydrogens is 575 g/mol. The lowest BCUT2D eigenvalue weighted by Gasteiger charge is -2.33. The molecule has 0 amide bonds. The summed E-state index contributed by atoms with van der Waals surface area (Å²) in [5, 5.41) is 16.3. The Morgan fingerprint density at radius 1 is 1.22 bits per heavy atom. The Balaban J connectivity index is 1.61. The molecule has 1 saturated heterocycles. The molecule has 12 heteroatoms. The molecule has 1 fully saturated rings. The van der Waals surface area contributed by atoms with Gasteiger partial charge in [-0.05, 0) is 62.0 Å². The zero-order valence-electron chi connectivity index (χ0n) is 22.9. The first kappa shape index (κ1) is 30.7. The standard InChI is InChI=1S/C29H31F4N4O2PS/c1-37-14-11-23(22(30)18-37)36-25-7-4-6-20-21(17-29(31,32)33)27(41-28(20)25)8-5-13-35-24-10-9-19(40(2,3)38)16-26(24)39-15-12-34/h4,6-7,9-10,16,22-23,35-36H,11,13-15,17-18H2,1-3H3/t22-,23+/m1/s1. The zero-order chi connectivity index (χ0) is 29.8. The minimum atomic E-state index is -4.43. The molecular formula is C29H31F4N4O2PS. The fraction of sp³-hybridized carbons (Fsp3) is 0.414. The van der Waals surface area contributed by atoms with Crippen molar-refractivity contribution in [3.05, 3.63) is 46.8 Å². The molecule has 218 valence electrons. The number of ether oxygens (including phenoxy) is 1. The van der Waals surface area contributed by atoms with Crippen molar-refractivity contribution in [2.24, 2.45) is 0 Å². The number of benzene rings is 2. The first-order chi connectivity index (χ1) is 19.4.